The Morgan fingerprint density at radius 2 is 1.39 bits per heavy atom. The number of sulfonamides is 1. The number of para-hydroxylation sites is 2. The van der Waals surface area contributed by atoms with Crippen molar-refractivity contribution in [3.63, 3.8) is 0 Å². The van der Waals surface area contributed by atoms with Gasteiger partial charge in [0.2, 0.25) is 0 Å². The fraction of sp³-hybridized carbons (Fsp3) is 0.0909. The molecule has 156 valence electrons. The number of nitrogens with zero attached hydrogens (tertiary/aromatic N) is 2. The lowest BCUT2D eigenvalue weighted by atomic mass is 10.2. The van der Waals surface area contributed by atoms with Crippen molar-refractivity contribution in [2.45, 2.75) is 4.90 Å². The van der Waals surface area contributed by atoms with Crippen LogP contribution in [0.3, 0.4) is 0 Å². The van der Waals surface area contributed by atoms with Gasteiger partial charge in [-0.2, -0.15) is 0 Å². The summed E-state index contributed by atoms with van der Waals surface area (Å²) in [5.41, 5.74) is 1.86. The monoisotopic (exact) mass is 434 g/mol. The Morgan fingerprint density at radius 3 is 2.13 bits per heavy atom. The van der Waals surface area contributed by atoms with Crippen molar-refractivity contribution in [2.24, 2.45) is 0 Å². The molecule has 1 aliphatic rings. The van der Waals surface area contributed by atoms with Gasteiger partial charge in [-0.1, -0.05) is 30.3 Å². The van der Waals surface area contributed by atoms with Crippen LogP contribution < -0.4 is 19.5 Å². The van der Waals surface area contributed by atoms with Crippen LogP contribution in [0, 0.1) is 0 Å². The van der Waals surface area contributed by atoms with E-state index < -0.39 is 10.0 Å². The average molecular weight is 434 g/mol. The smallest absolute Gasteiger partial charge is 0.263 e. The van der Waals surface area contributed by atoms with Crippen molar-refractivity contribution in [3.8, 4) is 11.5 Å². The largest absolute Gasteiger partial charge is 0.486 e. The summed E-state index contributed by atoms with van der Waals surface area (Å²) in [6, 6.07) is 20.7. The lowest BCUT2D eigenvalue weighted by Crippen LogP contribution is -2.16. The van der Waals surface area contributed by atoms with Crippen LogP contribution in [0.4, 0.5) is 17.3 Å². The van der Waals surface area contributed by atoms with Gasteiger partial charge in [-0.25, -0.2) is 18.4 Å². The third-order valence-corrected chi connectivity index (χ3v) is 6.01. The maximum Gasteiger partial charge on any atom is 0.263 e. The second-order valence-corrected chi connectivity index (χ2v) is 8.49. The van der Waals surface area contributed by atoms with E-state index in [2.05, 4.69) is 20.0 Å². The summed E-state index contributed by atoms with van der Waals surface area (Å²) in [7, 11) is -3.85. The predicted octanol–water partition coefficient (Wildman–Crippen LogP) is 3.95. The first-order valence-electron chi connectivity index (χ1n) is 9.60. The second kappa shape index (κ2) is 7.77. The van der Waals surface area contributed by atoms with Crippen LogP contribution >= 0.6 is 0 Å². The summed E-state index contributed by atoms with van der Waals surface area (Å²) < 4.78 is 39.5. The molecule has 4 aromatic rings. The summed E-state index contributed by atoms with van der Waals surface area (Å²) in [4.78, 5) is 9.22. The molecule has 5 rings (SSSR count). The van der Waals surface area contributed by atoms with Crippen molar-refractivity contribution in [1.29, 1.82) is 0 Å². The highest BCUT2D eigenvalue weighted by molar-refractivity contribution is 7.92. The molecule has 0 amide bonds. The lowest BCUT2D eigenvalue weighted by Gasteiger charge is -2.19. The van der Waals surface area contributed by atoms with E-state index in [0.717, 1.165) is 0 Å². The zero-order valence-electron chi connectivity index (χ0n) is 16.3. The van der Waals surface area contributed by atoms with Crippen LogP contribution in [0.2, 0.25) is 0 Å². The van der Waals surface area contributed by atoms with Gasteiger partial charge >= 0.3 is 0 Å². The van der Waals surface area contributed by atoms with Crippen LogP contribution in [0.15, 0.2) is 77.7 Å². The first-order valence-corrected chi connectivity index (χ1v) is 11.1. The number of anilines is 3. The molecule has 0 fully saturated rings. The molecular weight excluding hydrogens is 416 g/mol. The molecule has 0 bridgehead atoms. The minimum atomic E-state index is -3.85. The number of aromatic nitrogens is 2. The highest BCUT2D eigenvalue weighted by Gasteiger charge is 2.19. The van der Waals surface area contributed by atoms with Crippen LogP contribution in [0.1, 0.15) is 0 Å². The number of fused-ring (bicyclic) bond motifs is 2. The Bertz CT molecular complexity index is 1360. The molecule has 0 saturated heterocycles. The van der Waals surface area contributed by atoms with Gasteiger partial charge in [0.05, 0.1) is 15.9 Å². The minimum absolute atomic E-state index is 0.0949. The Hall–Kier alpha value is -3.85. The summed E-state index contributed by atoms with van der Waals surface area (Å²) in [5, 5.41) is 3.15. The van der Waals surface area contributed by atoms with Crippen molar-refractivity contribution in [1.82, 2.24) is 9.97 Å². The van der Waals surface area contributed by atoms with Gasteiger partial charge < -0.3 is 14.8 Å². The summed E-state index contributed by atoms with van der Waals surface area (Å²) >= 11 is 0. The molecule has 0 spiro atoms. The quantitative estimate of drug-likeness (QED) is 0.490. The molecule has 1 aromatic heterocycles. The third-order valence-electron chi connectivity index (χ3n) is 4.66. The maximum atomic E-state index is 12.9. The Morgan fingerprint density at radius 1 is 0.742 bits per heavy atom. The fourth-order valence-electron chi connectivity index (χ4n) is 3.20. The van der Waals surface area contributed by atoms with E-state index in [9.17, 15) is 8.42 Å². The zero-order chi connectivity index (χ0) is 21.3. The van der Waals surface area contributed by atoms with E-state index in [1.165, 1.54) is 12.1 Å². The second-order valence-electron chi connectivity index (χ2n) is 6.81. The summed E-state index contributed by atoms with van der Waals surface area (Å²) in [6.07, 6.45) is 0. The van der Waals surface area contributed by atoms with E-state index in [0.29, 0.717) is 41.4 Å². The minimum Gasteiger partial charge on any atom is -0.486 e. The molecule has 2 N–H and O–H groups in total. The zero-order valence-corrected chi connectivity index (χ0v) is 17.1. The Labute approximate surface area is 178 Å². The Balaban J connectivity index is 1.55. The van der Waals surface area contributed by atoms with Crippen LogP contribution in [-0.4, -0.2) is 31.6 Å². The number of nitrogens with one attached hydrogen (secondary N) is 2. The first-order chi connectivity index (χ1) is 15.1. The molecule has 0 unspecified atom stereocenters. The van der Waals surface area contributed by atoms with E-state index in [1.54, 1.807) is 42.5 Å². The van der Waals surface area contributed by atoms with Crippen LogP contribution in [0.25, 0.3) is 11.0 Å². The van der Waals surface area contributed by atoms with Crippen molar-refractivity contribution < 1.29 is 17.9 Å². The van der Waals surface area contributed by atoms with Gasteiger partial charge in [0, 0.05) is 11.8 Å². The van der Waals surface area contributed by atoms with Gasteiger partial charge in [0.25, 0.3) is 10.0 Å². The van der Waals surface area contributed by atoms with Crippen molar-refractivity contribution in [3.05, 3.63) is 72.8 Å². The highest BCUT2D eigenvalue weighted by Crippen LogP contribution is 2.34. The number of hydrogen-bond acceptors (Lipinski definition) is 7. The highest BCUT2D eigenvalue weighted by atomic mass is 32.2. The molecule has 0 aliphatic carbocycles. The molecule has 0 saturated carbocycles. The van der Waals surface area contributed by atoms with Gasteiger partial charge in [0.1, 0.15) is 13.2 Å². The molecule has 0 atom stereocenters. The van der Waals surface area contributed by atoms with E-state index in [1.807, 2.05) is 18.2 Å². The van der Waals surface area contributed by atoms with E-state index >= 15 is 0 Å². The normalized spacial score (nSPS) is 13.0. The molecule has 3 aromatic carbocycles. The standard InChI is InChI=1S/C22H18N4O4S/c27-31(28,16-6-2-1-3-7-16)26-22-21(24-17-8-4-5-9-18(17)25-22)23-15-10-11-19-20(14-15)30-13-12-29-19/h1-11,14H,12-13H2,(H,23,24)(H,25,26). The number of ether oxygens (including phenoxy) is 2. The molecule has 31 heavy (non-hydrogen) atoms. The van der Waals surface area contributed by atoms with Crippen molar-refractivity contribution in [2.75, 3.05) is 23.3 Å². The number of benzene rings is 3. The van der Waals surface area contributed by atoms with Crippen LogP contribution in [0.5, 0.6) is 11.5 Å². The number of rotatable bonds is 5. The maximum absolute atomic E-state index is 12.9. The lowest BCUT2D eigenvalue weighted by molar-refractivity contribution is 0.171. The number of hydrogen-bond donors (Lipinski definition) is 2. The fourth-order valence-corrected chi connectivity index (χ4v) is 4.23. The third kappa shape index (κ3) is 3.95. The van der Waals surface area contributed by atoms with Gasteiger partial charge in [-0.3, -0.25) is 4.72 Å². The molecule has 8 nitrogen and oxygen atoms in total. The van der Waals surface area contributed by atoms with E-state index in [-0.39, 0.29) is 16.5 Å². The van der Waals surface area contributed by atoms with Gasteiger partial charge in [0.15, 0.2) is 23.1 Å². The summed E-state index contributed by atoms with van der Waals surface area (Å²) in [6.45, 7) is 0.968. The van der Waals surface area contributed by atoms with Crippen molar-refractivity contribution >= 4 is 38.4 Å². The molecule has 1 aliphatic heterocycles. The molecular formula is C22H18N4O4S. The topological polar surface area (TPSA) is 102 Å². The van der Waals surface area contributed by atoms with Gasteiger partial charge in [-0.15, -0.1) is 0 Å². The predicted molar refractivity (Wildman–Crippen MR) is 118 cm³/mol. The SMILES string of the molecule is O=S(=O)(Nc1nc2ccccc2nc1Nc1ccc2c(c1)OCCO2)c1ccccc1. The van der Waals surface area contributed by atoms with Gasteiger partial charge in [-0.05, 0) is 36.4 Å². The first kappa shape index (κ1) is 19.1. The summed E-state index contributed by atoms with van der Waals surface area (Å²) in [5.74, 6) is 1.63. The molecule has 9 heteroatoms. The molecule has 2 heterocycles. The molecule has 0 radical (unpaired) electrons. The average Bonchev–Trinajstić information content (AvgIpc) is 2.80. The van der Waals surface area contributed by atoms with Crippen LogP contribution in [-0.2, 0) is 10.0 Å². The Kier molecular flexibility index (Phi) is 4.79. The van der Waals surface area contributed by atoms with E-state index in [4.69, 9.17) is 9.47 Å².